The predicted octanol–water partition coefficient (Wildman–Crippen LogP) is 2.93. The number of aryl methyl sites for hydroxylation is 1. The fraction of sp³-hybridized carbons (Fsp3) is 0.455. The van der Waals surface area contributed by atoms with Gasteiger partial charge in [-0.25, -0.2) is 14.4 Å². The highest BCUT2D eigenvalue weighted by molar-refractivity contribution is 5.80. The van der Waals surface area contributed by atoms with E-state index in [2.05, 4.69) is 52.6 Å². The van der Waals surface area contributed by atoms with Gasteiger partial charge in [0.25, 0.3) is 0 Å². The normalized spacial score (nSPS) is 16.8. The van der Waals surface area contributed by atoms with E-state index < -0.39 is 0 Å². The van der Waals surface area contributed by atoms with Crippen molar-refractivity contribution in [1.82, 2.24) is 15.6 Å². The smallest absolute Gasteiger partial charge is 0.191 e. The lowest BCUT2D eigenvalue weighted by molar-refractivity contribution is 0.612. The second-order valence-corrected chi connectivity index (χ2v) is 7.59. The molecule has 1 aliphatic rings. The van der Waals surface area contributed by atoms with Gasteiger partial charge < -0.3 is 20.4 Å². The van der Waals surface area contributed by atoms with Crippen molar-refractivity contribution >= 4 is 17.5 Å². The van der Waals surface area contributed by atoms with Crippen LogP contribution in [0, 0.1) is 12.7 Å². The number of anilines is 2. The van der Waals surface area contributed by atoms with Crippen LogP contribution in [-0.2, 0) is 6.54 Å². The fourth-order valence-electron chi connectivity index (χ4n) is 3.49. The summed E-state index contributed by atoms with van der Waals surface area (Å²) in [7, 11) is 4.09. The lowest BCUT2D eigenvalue weighted by Gasteiger charge is -2.20. The molecule has 156 valence electrons. The number of pyridine rings is 1. The molecular weight excluding hydrogens is 367 g/mol. The molecule has 2 heterocycles. The molecular formula is C22H31FN6. The molecule has 1 atom stereocenters. The summed E-state index contributed by atoms with van der Waals surface area (Å²) in [5, 5.41) is 6.81. The van der Waals surface area contributed by atoms with Crippen LogP contribution in [0.4, 0.5) is 15.9 Å². The van der Waals surface area contributed by atoms with Crippen molar-refractivity contribution in [1.29, 1.82) is 0 Å². The third kappa shape index (κ3) is 5.37. The Labute approximate surface area is 172 Å². The highest BCUT2D eigenvalue weighted by atomic mass is 19.1. The van der Waals surface area contributed by atoms with Crippen molar-refractivity contribution in [3.63, 3.8) is 0 Å². The number of guanidine groups is 1. The highest BCUT2D eigenvalue weighted by Crippen LogP contribution is 2.21. The minimum absolute atomic E-state index is 0.200. The van der Waals surface area contributed by atoms with Gasteiger partial charge in [0.15, 0.2) is 17.6 Å². The van der Waals surface area contributed by atoms with Crippen molar-refractivity contribution in [2.75, 3.05) is 43.5 Å². The van der Waals surface area contributed by atoms with E-state index in [1.165, 1.54) is 22.9 Å². The van der Waals surface area contributed by atoms with E-state index in [0.717, 1.165) is 25.5 Å². The van der Waals surface area contributed by atoms with Crippen LogP contribution in [0.15, 0.2) is 41.5 Å². The number of hydrogen-bond acceptors (Lipinski definition) is 4. The van der Waals surface area contributed by atoms with E-state index in [9.17, 15) is 4.39 Å². The zero-order chi connectivity index (χ0) is 20.8. The summed E-state index contributed by atoms with van der Waals surface area (Å²) >= 11 is 0. The summed E-state index contributed by atoms with van der Waals surface area (Å²) in [5.74, 6) is 0.942. The minimum Gasteiger partial charge on any atom is -0.378 e. The van der Waals surface area contributed by atoms with Gasteiger partial charge in [-0.15, -0.1) is 0 Å². The number of benzene rings is 1. The van der Waals surface area contributed by atoms with Crippen LogP contribution in [0.2, 0.25) is 0 Å². The largest absolute Gasteiger partial charge is 0.378 e. The van der Waals surface area contributed by atoms with Gasteiger partial charge in [-0.3, -0.25) is 0 Å². The van der Waals surface area contributed by atoms with E-state index >= 15 is 0 Å². The first kappa shape index (κ1) is 20.9. The Kier molecular flexibility index (Phi) is 6.90. The van der Waals surface area contributed by atoms with Gasteiger partial charge in [-0.05, 0) is 55.7 Å². The molecule has 1 unspecified atom stereocenters. The molecule has 7 heteroatoms. The molecule has 1 fully saturated rings. The van der Waals surface area contributed by atoms with Crippen LogP contribution in [0.5, 0.6) is 0 Å². The molecule has 2 N–H and O–H groups in total. The molecule has 1 aromatic heterocycles. The van der Waals surface area contributed by atoms with Crippen LogP contribution < -0.4 is 20.4 Å². The van der Waals surface area contributed by atoms with Crippen LogP contribution >= 0.6 is 0 Å². The standard InChI is InChI=1S/C22H31FN6/c1-5-24-22(26-14-17-8-9-19(28(3)4)13-16(17)2)27-18-10-12-29(15-18)21-20(23)7-6-11-25-21/h6-9,11,13,18H,5,10,12,14-15H2,1-4H3,(H2,24,26,27). The second kappa shape index (κ2) is 9.58. The van der Waals surface area contributed by atoms with Crippen LogP contribution in [0.25, 0.3) is 0 Å². The van der Waals surface area contributed by atoms with Gasteiger partial charge in [0.05, 0.1) is 6.54 Å². The Hall–Kier alpha value is -2.83. The minimum atomic E-state index is -0.273. The molecule has 0 aliphatic carbocycles. The van der Waals surface area contributed by atoms with Gasteiger partial charge in [0.1, 0.15) is 0 Å². The molecule has 1 aromatic carbocycles. The van der Waals surface area contributed by atoms with Gasteiger partial charge in [0.2, 0.25) is 0 Å². The second-order valence-electron chi connectivity index (χ2n) is 7.59. The first-order chi connectivity index (χ1) is 14.0. The summed E-state index contributed by atoms with van der Waals surface area (Å²) in [6, 6.07) is 9.72. The number of halogens is 1. The summed E-state index contributed by atoms with van der Waals surface area (Å²) in [6.07, 6.45) is 2.55. The van der Waals surface area contributed by atoms with E-state index in [4.69, 9.17) is 4.99 Å². The SMILES string of the molecule is CCNC(=NCc1ccc(N(C)C)cc1C)NC1CCN(c2ncccc2F)C1. The van der Waals surface area contributed by atoms with Crippen molar-refractivity contribution < 1.29 is 4.39 Å². The van der Waals surface area contributed by atoms with Crippen LogP contribution in [-0.4, -0.2) is 50.7 Å². The summed E-state index contributed by atoms with van der Waals surface area (Å²) in [6.45, 7) is 7.05. The molecule has 1 saturated heterocycles. The van der Waals surface area contributed by atoms with Crippen molar-refractivity contribution in [2.24, 2.45) is 4.99 Å². The molecule has 1 aliphatic heterocycles. The number of aromatic nitrogens is 1. The number of hydrogen-bond donors (Lipinski definition) is 2. The van der Waals surface area contributed by atoms with Gasteiger partial charge in [0, 0.05) is 51.7 Å². The number of nitrogens with one attached hydrogen (secondary N) is 2. The van der Waals surface area contributed by atoms with Gasteiger partial charge in [-0.2, -0.15) is 0 Å². The molecule has 6 nitrogen and oxygen atoms in total. The molecule has 2 aromatic rings. The van der Waals surface area contributed by atoms with Crippen molar-refractivity contribution in [3.8, 4) is 0 Å². The van der Waals surface area contributed by atoms with Crippen molar-refractivity contribution in [2.45, 2.75) is 32.9 Å². The molecule has 0 spiro atoms. The maximum atomic E-state index is 14.0. The summed E-state index contributed by atoms with van der Waals surface area (Å²) in [4.78, 5) is 13.0. The molecule has 29 heavy (non-hydrogen) atoms. The maximum Gasteiger partial charge on any atom is 0.191 e. The maximum absolute atomic E-state index is 14.0. The van der Waals surface area contributed by atoms with Gasteiger partial charge in [-0.1, -0.05) is 6.07 Å². The summed E-state index contributed by atoms with van der Waals surface area (Å²) in [5.41, 5.74) is 3.62. The third-order valence-electron chi connectivity index (χ3n) is 5.16. The third-order valence-corrected chi connectivity index (χ3v) is 5.16. The lowest BCUT2D eigenvalue weighted by Crippen LogP contribution is -2.44. The number of aliphatic imine (C=N–C) groups is 1. The van der Waals surface area contributed by atoms with E-state index in [1.54, 1.807) is 12.3 Å². The monoisotopic (exact) mass is 398 g/mol. The number of rotatable bonds is 6. The summed E-state index contributed by atoms with van der Waals surface area (Å²) < 4.78 is 14.0. The number of nitrogens with zero attached hydrogens (tertiary/aromatic N) is 4. The average Bonchev–Trinajstić information content (AvgIpc) is 3.15. The zero-order valence-electron chi connectivity index (χ0n) is 17.7. The highest BCUT2D eigenvalue weighted by Gasteiger charge is 2.25. The van der Waals surface area contributed by atoms with E-state index in [1.807, 2.05) is 19.0 Å². The predicted molar refractivity (Wildman–Crippen MR) is 118 cm³/mol. The van der Waals surface area contributed by atoms with Gasteiger partial charge >= 0.3 is 0 Å². The lowest BCUT2D eigenvalue weighted by atomic mass is 10.1. The Morgan fingerprint density at radius 3 is 2.86 bits per heavy atom. The Morgan fingerprint density at radius 2 is 2.17 bits per heavy atom. The quantitative estimate of drug-likeness (QED) is 0.579. The Balaban J connectivity index is 1.64. The van der Waals surface area contributed by atoms with Crippen LogP contribution in [0.3, 0.4) is 0 Å². The zero-order valence-corrected chi connectivity index (χ0v) is 17.7. The molecule has 0 bridgehead atoms. The first-order valence-corrected chi connectivity index (χ1v) is 10.1. The first-order valence-electron chi connectivity index (χ1n) is 10.1. The Bertz CT molecular complexity index is 851. The molecule has 0 amide bonds. The van der Waals surface area contributed by atoms with Crippen LogP contribution in [0.1, 0.15) is 24.5 Å². The topological polar surface area (TPSA) is 55.8 Å². The van der Waals surface area contributed by atoms with E-state index in [0.29, 0.717) is 18.9 Å². The van der Waals surface area contributed by atoms with Crippen molar-refractivity contribution in [3.05, 3.63) is 53.5 Å². The average molecular weight is 399 g/mol. The fourth-order valence-corrected chi connectivity index (χ4v) is 3.49. The molecule has 0 radical (unpaired) electrons. The Morgan fingerprint density at radius 1 is 1.34 bits per heavy atom. The molecule has 3 rings (SSSR count). The molecule has 0 saturated carbocycles. The van der Waals surface area contributed by atoms with E-state index in [-0.39, 0.29) is 11.9 Å².